The average molecular weight is 354 g/mol. The largest absolute Gasteiger partial charge is 0.460 e. The number of hydrogen-bond donors (Lipinski definition) is 0. The molecule has 0 aliphatic heterocycles. The summed E-state index contributed by atoms with van der Waals surface area (Å²) >= 11 is 0. The van der Waals surface area contributed by atoms with Gasteiger partial charge >= 0.3 is 5.69 Å². The van der Waals surface area contributed by atoms with Gasteiger partial charge in [0.1, 0.15) is 6.61 Å². The number of hydrogen-bond acceptors (Lipinski definition) is 4. The van der Waals surface area contributed by atoms with E-state index in [1.807, 2.05) is 50.3 Å². The van der Waals surface area contributed by atoms with Crippen LogP contribution in [0.5, 0.6) is 6.01 Å². The fraction of sp³-hybridized carbons (Fsp3) is 0.316. The van der Waals surface area contributed by atoms with Crippen molar-refractivity contribution >= 4 is 11.2 Å². The second-order valence-corrected chi connectivity index (χ2v) is 6.17. The van der Waals surface area contributed by atoms with Crippen molar-refractivity contribution in [1.82, 2.24) is 18.7 Å². The molecule has 3 aromatic rings. The number of benzene rings is 1. The number of fused-ring (bicyclic) bond motifs is 1. The Morgan fingerprint density at radius 2 is 1.88 bits per heavy atom. The molecule has 0 amide bonds. The molecule has 0 fully saturated rings. The van der Waals surface area contributed by atoms with Gasteiger partial charge < -0.3 is 4.74 Å². The average Bonchev–Trinajstić information content (AvgIpc) is 2.99. The van der Waals surface area contributed by atoms with Crippen LogP contribution in [-0.4, -0.2) is 25.3 Å². The molecular weight excluding hydrogens is 332 g/mol. The second-order valence-electron chi connectivity index (χ2n) is 6.17. The van der Waals surface area contributed by atoms with Crippen molar-refractivity contribution in [3.8, 4) is 6.01 Å². The molecule has 0 saturated heterocycles. The van der Waals surface area contributed by atoms with Gasteiger partial charge in [0.2, 0.25) is 0 Å². The monoisotopic (exact) mass is 354 g/mol. The molecule has 7 heteroatoms. The van der Waals surface area contributed by atoms with E-state index >= 15 is 0 Å². The SMILES string of the molecule is C/C=C/COc1nc2c(c(=O)n(C)c(=O)n2C)n1Cc1ccccc1C. The fourth-order valence-corrected chi connectivity index (χ4v) is 2.86. The number of allylic oxidation sites excluding steroid dienone is 1. The van der Waals surface area contributed by atoms with Gasteiger partial charge in [-0.1, -0.05) is 36.4 Å². The first-order valence-corrected chi connectivity index (χ1v) is 8.40. The third-order valence-electron chi connectivity index (χ3n) is 4.45. The van der Waals surface area contributed by atoms with Crippen LogP contribution in [0.1, 0.15) is 18.1 Å². The van der Waals surface area contributed by atoms with Crippen molar-refractivity contribution in [3.63, 3.8) is 0 Å². The molecular formula is C19H22N4O3. The summed E-state index contributed by atoms with van der Waals surface area (Å²) in [6.45, 7) is 4.69. The summed E-state index contributed by atoms with van der Waals surface area (Å²) in [6.07, 6.45) is 3.73. The van der Waals surface area contributed by atoms with Gasteiger partial charge in [0.25, 0.3) is 11.6 Å². The number of nitrogens with zero attached hydrogens (tertiary/aromatic N) is 4. The highest BCUT2D eigenvalue weighted by atomic mass is 16.5. The maximum atomic E-state index is 12.8. The minimum Gasteiger partial charge on any atom is -0.460 e. The lowest BCUT2D eigenvalue weighted by Gasteiger charge is -2.11. The van der Waals surface area contributed by atoms with Crippen LogP contribution in [0.25, 0.3) is 11.2 Å². The smallest absolute Gasteiger partial charge is 0.332 e. The van der Waals surface area contributed by atoms with E-state index in [-0.39, 0.29) is 5.56 Å². The Morgan fingerprint density at radius 1 is 1.15 bits per heavy atom. The van der Waals surface area contributed by atoms with Gasteiger partial charge in [-0.05, 0) is 25.0 Å². The molecule has 0 aliphatic rings. The van der Waals surface area contributed by atoms with Crippen molar-refractivity contribution in [3.05, 3.63) is 68.4 Å². The van der Waals surface area contributed by atoms with Gasteiger partial charge in [-0.3, -0.25) is 18.5 Å². The molecule has 0 N–H and O–H groups in total. The van der Waals surface area contributed by atoms with E-state index in [1.165, 1.54) is 11.6 Å². The standard InChI is InChI=1S/C19H22N4O3/c1-5-6-11-26-18-20-16-15(17(24)22(4)19(25)21(16)3)23(18)12-14-10-8-7-9-13(14)2/h5-10H,11-12H2,1-4H3/b6-5+. The summed E-state index contributed by atoms with van der Waals surface area (Å²) in [5.41, 5.74) is 2.04. The third kappa shape index (κ3) is 2.96. The molecule has 7 nitrogen and oxygen atoms in total. The number of aromatic nitrogens is 4. The van der Waals surface area contributed by atoms with E-state index in [0.29, 0.717) is 30.3 Å². The minimum atomic E-state index is -0.414. The van der Waals surface area contributed by atoms with Crippen molar-refractivity contribution in [2.75, 3.05) is 6.61 Å². The predicted molar refractivity (Wildman–Crippen MR) is 101 cm³/mol. The van der Waals surface area contributed by atoms with E-state index < -0.39 is 5.69 Å². The Bertz CT molecular complexity index is 1100. The molecule has 0 atom stereocenters. The lowest BCUT2D eigenvalue weighted by Crippen LogP contribution is -2.37. The molecule has 0 saturated carbocycles. The molecule has 2 heterocycles. The molecule has 3 rings (SSSR count). The van der Waals surface area contributed by atoms with Gasteiger partial charge in [0.05, 0.1) is 6.54 Å². The third-order valence-corrected chi connectivity index (χ3v) is 4.45. The molecule has 0 bridgehead atoms. The summed E-state index contributed by atoms with van der Waals surface area (Å²) in [5, 5.41) is 0. The van der Waals surface area contributed by atoms with E-state index in [1.54, 1.807) is 11.6 Å². The zero-order valence-corrected chi connectivity index (χ0v) is 15.4. The summed E-state index contributed by atoms with van der Waals surface area (Å²) in [4.78, 5) is 29.4. The van der Waals surface area contributed by atoms with Crippen LogP contribution in [0.3, 0.4) is 0 Å². The second kappa shape index (κ2) is 7.03. The first kappa shape index (κ1) is 17.7. The summed E-state index contributed by atoms with van der Waals surface area (Å²) in [6, 6.07) is 8.26. The summed E-state index contributed by atoms with van der Waals surface area (Å²) in [5.74, 6) is 0. The van der Waals surface area contributed by atoms with E-state index in [2.05, 4.69) is 4.98 Å². The van der Waals surface area contributed by atoms with Crippen LogP contribution in [0, 0.1) is 6.92 Å². The normalized spacial score (nSPS) is 11.5. The highest BCUT2D eigenvalue weighted by molar-refractivity contribution is 5.72. The lowest BCUT2D eigenvalue weighted by molar-refractivity contribution is 0.320. The Morgan fingerprint density at radius 3 is 2.58 bits per heavy atom. The predicted octanol–water partition coefficient (Wildman–Crippen LogP) is 1.75. The maximum absolute atomic E-state index is 12.8. The number of aryl methyl sites for hydroxylation is 2. The first-order valence-electron chi connectivity index (χ1n) is 8.40. The van der Waals surface area contributed by atoms with Crippen molar-refractivity contribution < 1.29 is 4.74 Å². The van der Waals surface area contributed by atoms with Gasteiger partial charge in [0, 0.05) is 14.1 Å². The Kier molecular flexibility index (Phi) is 4.79. The minimum absolute atomic E-state index is 0.319. The van der Waals surface area contributed by atoms with E-state index in [0.717, 1.165) is 15.7 Å². The zero-order valence-electron chi connectivity index (χ0n) is 15.4. The molecule has 136 valence electrons. The molecule has 0 radical (unpaired) electrons. The quantitative estimate of drug-likeness (QED) is 0.655. The number of ether oxygens (including phenoxy) is 1. The topological polar surface area (TPSA) is 71.1 Å². The number of imidazole rings is 1. The zero-order chi connectivity index (χ0) is 18.8. The van der Waals surface area contributed by atoms with Crippen LogP contribution >= 0.6 is 0 Å². The Labute approximate surface area is 150 Å². The first-order chi connectivity index (χ1) is 12.5. The highest BCUT2D eigenvalue weighted by Gasteiger charge is 2.20. The van der Waals surface area contributed by atoms with Crippen molar-refractivity contribution in [2.24, 2.45) is 14.1 Å². The molecule has 1 aromatic carbocycles. The number of rotatable bonds is 5. The van der Waals surface area contributed by atoms with Gasteiger partial charge in [-0.25, -0.2) is 4.79 Å². The van der Waals surface area contributed by atoms with Crippen LogP contribution in [0.2, 0.25) is 0 Å². The maximum Gasteiger partial charge on any atom is 0.332 e. The molecule has 26 heavy (non-hydrogen) atoms. The van der Waals surface area contributed by atoms with E-state index in [4.69, 9.17) is 4.74 Å². The van der Waals surface area contributed by atoms with E-state index in [9.17, 15) is 9.59 Å². The molecule has 0 spiro atoms. The van der Waals surface area contributed by atoms with Crippen LogP contribution < -0.4 is 16.0 Å². The Hall–Kier alpha value is -3.09. The van der Waals surface area contributed by atoms with Crippen LogP contribution in [0.15, 0.2) is 46.0 Å². The fourth-order valence-electron chi connectivity index (χ4n) is 2.86. The van der Waals surface area contributed by atoms with Crippen LogP contribution in [0.4, 0.5) is 0 Å². The van der Waals surface area contributed by atoms with Crippen molar-refractivity contribution in [2.45, 2.75) is 20.4 Å². The van der Waals surface area contributed by atoms with Crippen molar-refractivity contribution in [1.29, 1.82) is 0 Å². The lowest BCUT2D eigenvalue weighted by atomic mass is 10.1. The molecule has 0 unspecified atom stereocenters. The van der Waals surface area contributed by atoms with Gasteiger partial charge in [-0.2, -0.15) is 4.98 Å². The Balaban J connectivity index is 2.26. The highest BCUT2D eigenvalue weighted by Crippen LogP contribution is 2.21. The van der Waals surface area contributed by atoms with Gasteiger partial charge in [-0.15, -0.1) is 0 Å². The molecule has 0 aliphatic carbocycles. The summed E-state index contributed by atoms with van der Waals surface area (Å²) in [7, 11) is 3.07. The van der Waals surface area contributed by atoms with Gasteiger partial charge in [0.15, 0.2) is 11.2 Å². The summed E-state index contributed by atoms with van der Waals surface area (Å²) < 4.78 is 9.96. The molecule has 2 aromatic heterocycles. The van der Waals surface area contributed by atoms with Crippen LogP contribution in [-0.2, 0) is 20.6 Å².